The van der Waals surface area contributed by atoms with E-state index in [-0.39, 0.29) is 80.4 Å². The number of piperidine rings is 1. The molecular formula is C40H63IN2O4. The molecule has 264 valence electrons. The Bertz CT molecular complexity index is 1370. The summed E-state index contributed by atoms with van der Waals surface area (Å²) in [5.41, 5.74) is 0.665. The van der Waals surface area contributed by atoms with Crippen molar-refractivity contribution in [2.75, 3.05) is 33.2 Å². The van der Waals surface area contributed by atoms with Crippen molar-refractivity contribution in [3.8, 4) is 0 Å². The van der Waals surface area contributed by atoms with Gasteiger partial charge in [-0.1, -0.05) is 54.0 Å². The third-order valence-corrected chi connectivity index (χ3v) is 16.9. The SMILES string of the molecule is CC(=O)O[C@H]1CC[C@]2(C)[C@H]3C(=O)C=C4[C@@H]5C[C@@](C)(C(=O)N6CC[N+]7(C)CCC6CC7)CC[C@]5(C)CC[C@@]4(C)[C@]3(C)CC[C@H]2C1(C)C.[I-]. The van der Waals surface area contributed by atoms with Crippen molar-refractivity contribution >= 4 is 17.7 Å². The van der Waals surface area contributed by atoms with Crippen molar-refractivity contribution in [3.05, 3.63) is 11.6 Å². The molecular weight excluding hydrogens is 699 g/mol. The molecule has 47 heavy (non-hydrogen) atoms. The average Bonchev–Trinajstić information content (AvgIpc) is 3.24. The van der Waals surface area contributed by atoms with Gasteiger partial charge in [-0.15, -0.1) is 0 Å². The first-order valence-electron chi connectivity index (χ1n) is 18.9. The fourth-order valence-electron chi connectivity index (χ4n) is 13.6. The van der Waals surface area contributed by atoms with Gasteiger partial charge in [0.15, 0.2) is 5.78 Å². The zero-order valence-corrected chi connectivity index (χ0v) is 33.1. The van der Waals surface area contributed by atoms with E-state index in [4.69, 9.17) is 4.74 Å². The molecule has 0 spiro atoms. The lowest BCUT2D eigenvalue weighted by Crippen LogP contribution is -3.00. The van der Waals surface area contributed by atoms with E-state index >= 15 is 0 Å². The van der Waals surface area contributed by atoms with E-state index in [0.717, 1.165) is 81.8 Å². The van der Waals surface area contributed by atoms with Crippen molar-refractivity contribution in [1.29, 1.82) is 0 Å². The number of halogens is 1. The van der Waals surface area contributed by atoms with Gasteiger partial charge in [0.05, 0.1) is 33.2 Å². The molecule has 3 saturated heterocycles. The fourth-order valence-corrected chi connectivity index (χ4v) is 13.6. The molecule has 5 aliphatic carbocycles. The highest BCUT2D eigenvalue weighted by Gasteiger charge is 2.70. The molecule has 7 fully saturated rings. The second kappa shape index (κ2) is 11.3. The number of likely N-dealkylation sites (N-methyl/N-ethyl adjacent to an activating group) is 1. The third kappa shape index (κ3) is 5.01. The van der Waals surface area contributed by atoms with E-state index < -0.39 is 0 Å². The first-order valence-corrected chi connectivity index (χ1v) is 18.9. The number of amides is 1. The zero-order valence-electron chi connectivity index (χ0n) is 31.0. The summed E-state index contributed by atoms with van der Waals surface area (Å²) in [5, 5.41) is 0. The van der Waals surface area contributed by atoms with Gasteiger partial charge in [0.25, 0.3) is 0 Å². The van der Waals surface area contributed by atoms with E-state index in [1.807, 2.05) is 0 Å². The molecule has 4 saturated carbocycles. The Morgan fingerprint density at radius 1 is 0.872 bits per heavy atom. The maximum absolute atomic E-state index is 14.8. The molecule has 8 aliphatic rings. The summed E-state index contributed by atoms with van der Waals surface area (Å²) in [5.74, 6) is 1.10. The van der Waals surface area contributed by atoms with E-state index in [0.29, 0.717) is 23.7 Å². The van der Waals surface area contributed by atoms with Crippen LogP contribution in [0.3, 0.4) is 0 Å². The lowest BCUT2D eigenvalue weighted by molar-refractivity contribution is -0.910. The van der Waals surface area contributed by atoms with Gasteiger partial charge in [-0.2, -0.15) is 0 Å². The number of fused-ring (bicyclic) bond motifs is 11. The number of ketones is 1. The van der Waals surface area contributed by atoms with Crippen LogP contribution in [0.15, 0.2) is 11.6 Å². The van der Waals surface area contributed by atoms with Gasteiger partial charge in [-0.25, -0.2) is 0 Å². The van der Waals surface area contributed by atoms with Crippen molar-refractivity contribution in [3.63, 3.8) is 0 Å². The van der Waals surface area contributed by atoms with E-state index in [2.05, 4.69) is 66.5 Å². The van der Waals surface area contributed by atoms with Gasteiger partial charge in [0.2, 0.25) is 5.91 Å². The highest BCUT2D eigenvalue weighted by Crippen LogP contribution is 2.75. The Balaban J connectivity index is 0.00000386. The Morgan fingerprint density at radius 2 is 1.53 bits per heavy atom. The molecule has 6 nitrogen and oxygen atoms in total. The number of carbonyl (C=O) groups excluding carboxylic acids is 3. The summed E-state index contributed by atoms with van der Waals surface area (Å²) in [6.45, 7) is 22.6. The summed E-state index contributed by atoms with van der Waals surface area (Å²) in [6, 6.07) is 0.397. The molecule has 9 atom stereocenters. The molecule has 8 rings (SSSR count). The molecule has 0 aromatic heterocycles. The van der Waals surface area contributed by atoms with Gasteiger partial charge < -0.3 is 38.1 Å². The van der Waals surface area contributed by atoms with Crippen LogP contribution in [0.4, 0.5) is 0 Å². The number of hydrogen-bond donors (Lipinski definition) is 0. The summed E-state index contributed by atoms with van der Waals surface area (Å²) >= 11 is 0. The Morgan fingerprint density at radius 3 is 2.19 bits per heavy atom. The highest BCUT2D eigenvalue weighted by molar-refractivity contribution is 5.96. The predicted octanol–water partition coefficient (Wildman–Crippen LogP) is 4.35. The average molecular weight is 763 g/mol. The first-order chi connectivity index (χ1) is 21.3. The Hall–Kier alpha value is -0.960. The lowest BCUT2D eigenvalue weighted by Gasteiger charge is -2.70. The van der Waals surface area contributed by atoms with Crippen LogP contribution in [-0.2, 0) is 19.1 Å². The van der Waals surface area contributed by atoms with Gasteiger partial charge in [-0.05, 0) is 97.4 Å². The second-order valence-electron chi connectivity index (χ2n) is 19.7. The van der Waals surface area contributed by atoms with Crippen molar-refractivity contribution < 1.29 is 47.6 Å². The summed E-state index contributed by atoms with van der Waals surface area (Å²) in [7, 11) is 2.38. The number of nitrogens with zero attached hydrogens (tertiary/aromatic N) is 2. The Labute approximate surface area is 302 Å². The van der Waals surface area contributed by atoms with Crippen LogP contribution in [-0.4, -0.2) is 72.4 Å². The molecule has 0 aromatic rings. The first kappa shape index (κ1) is 35.9. The van der Waals surface area contributed by atoms with Gasteiger partial charge in [0.1, 0.15) is 6.10 Å². The zero-order chi connectivity index (χ0) is 33.3. The molecule has 7 heteroatoms. The molecule has 3 heterocycles. The van der Waals surface area contributed by atoms with E-state index in [9.17, 15) is 14.4 Å². The number of quaternary nitrogens is 1. The van der Waals surface area contributed by atoms with E-state index in [1.54, 1.807) is 0 Å². The van der Waals surface area contributed by atoms with Crippen molar-refractivity contribution in [2.24, 2.45) is 50.2 Å². The second-order valence-corrected chi connectivity index (χ2v) is 19.7. The monoisotopic (exact) mass is 762 g/mol. The number of carbonyl (C=O) groups is 3. The van der Waals surface area contributed by atoms with Crippen LogP contribution in [0.2, 0.25) is 0 Å². The van der Waals surface area contributed by atoms with Crippen LogP contribution in [0, 0.1) is 50.2 Å². The largest absolute Gasteiger partial charge is 1.00 e. The summed E-state index contributed by atoms with van der Waals surface area (Å²) in [4.78, 5) is 43.8. The molecule has 0 unspecified atom stereocenters. The molecule has 3 aliphatic heterocycles. The number of allylic oxidation sites excluding steroid dienone is 2. The Kier molecular flexibility index (Phi) is 8.60. The normalized spacial score (nSPS) is 50.0. The summed E-state index contributed by atoms with van der Waals surface area (Å²) < 4.78 is 7.02. The van der Waals surface area contributed by atoms with Crippen molar-refractivity contribution in [1.82, 2.24) is 4.90 Å². The molecule has 0 radical (unpaired) electrons. The molecule has 2 bridgehead atoms. The third-order valence-electron chi connectivity index (χ3n) is 16.9. The van der Waals surface area contributed by atoms with Gasteiger partial charge >= 0.3 is 5.97 Å². The van der Waals surface area contributed by atoms with Crippen LogP contribution in [0.5, 0.6) is 0 Å². The number of hydrogen-bond acceptors (Lipinski definition) is 4. The highest BCUT2D eigenvalue weighted by atomic mass is 127. The molecule has 0 N–H and O–H groups in total. The lowest BCUT2D eigenvalue weighted by atomic mass is 9.33. The van der Waals surface area contributed by atoms with Crippen LogP contribution >= 0.6 is 0 Å². The van der Waals surface area contributed by atoms with Crippen molar-refractivity contribution in [2.45, 2.75) is 138 Å². The quantitative estimate of drug-likeness (QED) is 0.239. The minimum atomic E-state index is -0.372. The minimum absolute atomic E-state index is 0. The standard InChI is InChI=1S/C40H63N2O4.HI/c1-26(43)46-32-11-14-38(6)31(35(32,2)3)10-15-40(8)33(38)30(44)24-28-29-25-37(5,17-16-36(29,4)18-19-39(28,40)7)34(45)41-20-23-42(9)21-12-27(41)13-22-42;/h24,27,29,31-33H,10-23,25H2,1-9H3;1H/q+1;/p-1/t27?,29-,31-,32-,33+,36+,37-,38-,39+,40+,42?;/m0./s1. The fraction of sp³-hybridized carbons (Fsp3) is 0.875. The van der Waals surface area contributed by atoms with Crippen LogP contribution in [0.1, 0.15) is 126 Å². The molecule has 1 amide bonds. The topological polar surface area (TPSA) is 63.7 Å². The van der Waals surface area contributed by atoms with Crippen LogP contribution < -0.4 is 24.0 Å². The van der Waals surface area contributed by atoms with Gasteiger partial charge in [0, 0.05) is 42.6 Å². The maximum atomic E-state index is 14.8. The maximum Gasteiger partial charge on any atom is 0.302 e. The van der Waals surface area contributed by atoms with Gasteiger partial charge in [-0.3, -0.25) is 14.4 Å². The number of ether oxygens (including phenoxy) is 1. The summed E-state index contributed by atoms with van der Waals surface area (Å²) in [6.07, 6.45) is 13.4. The predicted molar refractivity (Wildman–Crippen MR) is 181 cm³/mol. The number of esters is 1. The van der Waals surface area contributed by atoms with Crippen LogP contribution in [0.25, 0.3) is 0 Å². The number of rotatable bonds is 2. The smallest absolute Gasteiger partial charge is 0.302 e. The van der Waals surface area contributed by atoms with E-state index in [1.165, 1.54) is 32.0 Å². The minimum Gasteiger partial charge on any atom is -1.00 e. The molecule has 0 aromatic carbocycles.